The molecule has 0 saturated heterocycles. The van der Waals surface area contributed by atoms with Gasteiger partial charge < -0.3 is 11.1 Å². The molecule has 0 fully saturated rings. The molecule has 0 amide bonds. The number of nitrogens with two attached hydrogens (primary N) is 1. The van der Waals surface area contributed by atoms with Gasteiger partial charge in [0.05, 0.1) is 4.90 Å². The summed E-state index contributed by atoms with van der Waals surface area (Å²) in [6, 6.07) is 39.0. The van der Waals surface area contributed by atoms with Crippen molar-refractivity contribution >= 4 is 52.7 Å². The largest absolute Gasteiger partial charge is 0.399 e. The average Bonchev–Trinajstić information content (AvgIpc) is 2.98. The second kappa shape index (κ2) is 13.7. The van der Waals surface area contributed by atoms with Crippen LogP contribution in [0.2, 0.25) is 0 Å². The van der Waals surface area contributed by atoms with Gasteiger partial charge in [0.25, 0.3) is 9.05 Å². The van der Waals surface area contributed by atoms with Gasteiger partial charge >= 0.3 is 0 Å². The van der Waals surface area contributed by atoms with Crippen molar-refractivity contribution in [1.82, 2.24) is 0 Å². The molecule has 0 aliphatic rings. The van der Waals surface area contributed by atoms with Gasteiger partial charge in [-0.05, 0) is 53.4 Å². The summed E-state index contributed by atoms with van der Waals surface area (Å²) in [5.74, 6) is -0.631. The van der Waals surface area contributed by atoms with E-state index in [0.29, 0.717) is 17.3 Å². The molecule has 208 valence electrons. The van der Waals surface area contributed by atoms with Crippen LogP contribution in [0.15, 0.2) is 138 Å². The number of para-hydroxylation sites is 2. The van der Waals surface area contributed by atoms with E-state index in [1.165, 1.54) is 24.3 Å². The molecule has 0 aromatic heterocycles. The van der Waals surface area contributed by atoms with Crippen molar-refractivity contribution < 1.29 is 17.2 Å². The van der Waals surface area contributed by atoms with Crippen LogP contribution in [0.4, 0.5) is 20.2 Å². The van der Waals surface area contributed by atoms with Crippen LogP contribution in [0, 0.1) is 11.6 Å². The highest BCUT2D eigenvalue weighted by molar-refractivity contribution is 8.14. The second-order valence-corrected chi connectivity index (χ2v) is 11.4. The van der Waals surface area contributed by atoms with Crippen molar-refractivity contribution in [3.05, 3.63) is 151 Å². The van der Waals surface area contributed by atoms with Crippen molar-refractivity contribution in [2.24, 2.45) is 0 Å². The van der Waals surface area contributed by atoms with E-state index in [1.807, 2.05) is 91.0 Å². The predicted octanol–water partition coefficient (Wildman–Crippen LogP) is 8.77. The molecule has 6 rings (SSSR count). The van der Waals surface area contributed by atoms with Gasteiger partial charge in [-0.25, -0.2) is 17.2 Å². The topological polar surface area (TPSA) is 72.2 Å². The van der Waals surface area contributed by atoms with Crippen LogP contribution in [-0.2, 0) is 15.6 Å². The standard InChI is InChI=1S/C17H14FN.C10H6ClFO2S.C6H7N/c18-17-11-10-13(15-8-4-5-9-16(15)17)12-19-14-6-2-1-3-7-14;11-15(13,14)10-6-5-9(12)7-3-1-2-4-8(7)10;7-6-4-2-1-3-5-6/h1-11,19H,12H2;1-6H;1-5H,7H2. The normalized spacial score (nSPS) is 10.7. The Kier molecular flexibility index (Phi) is 9.90. The molecule has 8 heteroatoms. The molecule has 0 aliphatic heterocycles. The highest BCUT2D eigenvalue weighted by Crippen LogP contribution is 2.27. The lowest BCUT2D eigenvalue weighted by molar-refractivity contribution is 0.609. The van der Waals surface area contributed by atoms with E-state index in [2.05, 4.69) is 5.32 Å². The summed E-state index contributed by atoms with van der Waals surface area (Å²) in [4.78, 5) is -0.0684. The van der Waals surface area contributed by atoms with Crippen LogP contribution in [0.25, 0.3) is 21.5 Å². The zero-order valence-electron chi connectivity index (χ0n) is 21.8. The first-order valence-corrected chi connectivity index (χ1v) is 14.9. The van der Waals surface area contributed by atoms with Crippen LogP contribution >= 0.6 is 10.7 Å². The molecule has 6 aromatic carbocycles. The van der Waals surface area contributed by atoms with E-state index in [1.54, 1.807) is 12.1 Å². The minimum absolute atomic E-state index is 0.0684. The Morgan fingerprint density at radius 3 is 1.59 bits per heavy atom. The number of fused-ring (bicyclic) bond motifs is 2. The van der Waals surface area contributed by atoms with Crippen LogP contribution in [0.1, 0.15) is 5.56 Å². The Balaban J connectivity index is 0.000000156. The lowest BCUT2D eigenvalue weighted by atomic mass is 10.0. The molecule has 0 bridgehead atoms. The van der Waals surface area contributed by atoms with E-state index < -0.39 is 14.9 Å². The van der Waals surface area contributed by atoms with Crippen LogP contribution in [0.3, 0.4) is 0 Å². The Morgan fingerprint density at radius 1 is 0.585 bits per heavy atom. The average molecular weight is 589 g/mol. The van der Waals surface area contributed by atoms with Crippen molar-refractivity contribution in [2.45, 2.75) is 11.4 Å². The summed E-state index contributed by atoms with van der Waals surface area (Å²) < 4.78 is 49.4. The van der Waals surface area contributed by atoms with Gasteiger partial charge in [-0.2, -0.15) is 0 Å². The van der Waals surface area contributed by atoms with Gasteiger partial charge in [0.15, 0.2) is 0 Å². The Bertz CT molecular complexity index is 1850. The van der Waals surface area contributed by atoms with Crippen molar-refractivity contribution in [1.29, 1.82) is 0 Å². The predicted molar refractivity (Wildman–Crippen MR) is 165 cm³/mol. The summed E-state index contributed by atoms with van der Waals surface area (Å²) in [6.45, 7) is 0.685. The maximum Gasteiger partial charge on any atom is 0.261 e. The third-order valence-electron chi connectivity index (χ3n) is 6.11. The molecule has 0 atom stereocenters. The Labute approximate surface area is 242 Å². The fraction of sp³-hybridized carbons (Fsp3) is 0.0303. The molecule has 4 nitrogen and oxygen atoms in total. The Hall–Kier alpha value is -4.46. The van der Waals surface area contributed by atoms with E-state index >= 15 is 0 Å². The van der Waals surface area contributed by atoms with Crippen LogP contribution in [-0.4, -0.2) is 8.42 Å². The molecule has 0 unspecified atom stereocenters. The summed E-state index contributed by atoms with van der Waals surface area (Å²) in [6.07, 6.45) is 0. The number of benzene rings is 6. The van der Waals surface area contributed by atoms with E-state index in [-0.39, 0.29) is 16.1 Å². The fourth-order valence-corrected chi connectivity index (χ4v) is 5.21. The van der Waals surface area contributed by atoms with Crippen LogP contribution < -0.4 is 11.1 Å². The zero-order chi connectivity index (χ0) is 29.2. The summed E-state index contributed by atoms with van der Waals surface area (Å²) in [5, 5.41) is 5.54. The molecule has 6 aromatic rings. The second-order valence-electron chi connectivity index (χ2n) is 8.91. The van der Waals surface area contributed by atoms with Gasteiger partial charge in [0.1, 0.15) is 11.6 Å². The van der Waals surface area contributed by atoms with Gasteiger partial charge in [-0.15, -0.1) is 0 Å². The maximum atomic E-state index is 13.7. The van der Waals surface area contributed by atoms with E-state index in [4.69, 9.17) is 16.4 Å². The molecule has 41 heavy (non-hydrogen) atoms. The first-order valence-electron chi connectivity index (χ1n) is 12.6. The molecule has 0 heterocycles. The van der Waals surface area contributed by atoms with Crippen molar-refractivity contribution in [3.63, 3.8) is 0 Å². The quantitative estimate of drug-likeness (QED) is 0.159. The Morgan fingerprint density at radius 2 is 1.05 bits per heavy atom. The number of hydrogen-bond donors (Lipinski definition) is 2. The first kappa shape index (κ1) is 29.5. The van der Waals surface area contributed by atoms with Gasteiger partial charge in [0, 0.05) is 44.8 Å². The third kappa shape index (κ3) is 8.03. The highest BCUT2D eigenvalue weighted by atomic mass is 35.7. The van der Waals surface area contributed by atoms with Crippen molar-refractivity contribution in [3.8, 4) is 0 Å². The minimum atomic E-state index is -3.84. The molecule has 0 saturated carbocycles. The lowest BCUT2D eigenvalue weighted by Gasteiger charge is -2.10. The lowest BCUT2D eigenvalue weighted by Crippen LogP contribution is -2.00. The zero-order valence-corrected chi connectivity index (χ0v) is 23.4. The number of rotatable bonds is 4. The number of nitrogen functional groups attached to an aromatic ring is 1. The van der Waals surface area contributed by atoms with Crippen LogP contribution in [0.5, 0.6) is 0 Å². The molecule has 3 N–H and O–H groups in total. The summed E-state index contributed by atoms with van der Waals surface area (Å²) in [7, 11) is 1.40. The van der Waals surface area contributed by atoms with Crippen molar-refractivity contribution in [2.75, 3.05) is 11.1 Å². The molecular formula is C33H27ClF2N2O2S. The van der Waals surface area contributed by atoms with E-state index in [0.717, 1.165) is 28.4 Å². The SMILES string of the molecule is Fc1ccc(CNc2ccccc2)c2ccccc12.Nc1ccccc1.O=S(=O)(Cl)c1ccc(F)c2ccccc12. The van der Waals surface area contributed by atoms with Gasteiger partial charge in [-0.1, -0.05) is 91.0 Å². The minimum Gasteiger partial charge on any atom is -0.399 e. The van der Waals surface area contributed by atoms with Gasteiger partial charge in [-0.3, -0.25) is 0 Å². The molecular weight excluding hydrogens is 562 g/mol. The van der Waals surface area contributed by atoms with Gasteiger partial charge in [0.2, 0.25) is 0 Å². The first-order chi connectivity index (χ1) is 19.7. The molecule has 0 radical (unpaired) electrons. The smallest absolute Gasteiger partial charge is 0.261 e. The molecule has 0 aliphatic carbocycles. The monoisotopic (exact) mass is 588 g/mol. The summed E-state index contributed by atoms with van der Waals surface area (Å²) >= 11 is 0. The number of hydrogen-bond acceptors (Lipinski definition) is 4. The number of anilines is 2. The summed E-state index contributed by atoms with van der Waals surface area (Å²) in [5.41, 5.74) is 8.34. The maximum absolute atomic E-state index is 13.7. The third-order valence-corrected chi connectivity index (χ3v) is 7.49. The fourth-order valence-electron chi connectivity index (χ4n) is 4.13. The number of nitrogens with one attached hydrogen (secondary N) is 1. The number of halogens is 3. The molecule has 0 spiro atoms. The van der Waals surface area contributed by atoms with E-state index in [9.17, 15) is 17.2 Å². The highest BCUT2D eigenvalue weighted by Gasteiger charge is 2.15.